The summed E-state index contributed by atoms with van der Waals surface area (Å²) in [6, 6.07) is 12.4. The molecule has 2 rings (SSSR count). The van der Waals surface area contributed by atoms with Gasteiger partial charge in [-0.15, -0.1) is 0 Å². The van der Waals surface area contributed by atoms with Crippen molar-refractivity contribution in [2.75, 3.05) is 5.32 Å². The van der Waals surface area contributed by atoms with Crippen LogP contribution in [0.4, 0.5) is 11.5 Å². The Morgan fingerprint density at radius 3 is 2.67 bits per heavy atom. The molecule has 1 heterocycles. The van der Waals surface area contributed by atoms with Gasteiger partial charge in [0.2, 0.25) is 0 Å². The predicted octanol–water partition coefficient (Wildman–Crippen LogP) is 4.85. The van der Waals surface area contributed by atoms with Crippen LogP contribution in [0.25, 0.3) is 0 Å². The second-order valence-corrected chi connectivity index (χ2v) is 5.15. The zero-order valence-electron chi connectivity index (χ0n) is 10.7. The molecule has 2 aromatic rings. The van der Waals surface area contributed by atoms with Gasteiger partial charge >= 0.3 is 0 Å². The third-order valence-electron chi connectivity index (χ3n) is 2.82. The highest BCUT2D eigenvalue weighted by molar-refractivity contribution is 9.10. The van der Waals surface area contributed by atoms with Gasteiger partial charge in [0.15, 0.2) is 0 Å². The summed E-state index contributed by atoms with van der Waals surface area (Å²) in [5, 5.41) is 3.39. The Morgan fingerprint density at radius 1 is 1.17 bits per heavy atom. The average molecular weight is 305 g/mol. The number of para-hydroxylation sites is 1. The van der Waals surface area contributed by atoms with Crippen molar-refractivity contribution in [1.82, 2.24) is 4.98 Å². The molecule has 2 nitrogen and oxygen atoms in total. The number of halogens is 1. The fourth-order valence-corrected chi connectivity index (χ4v) is 2.10. The van der Waals surface area contributed by atoms with E-state index in [1.54, 1.807) is 0 Å². The molecule has 94 valence electrons. The van der Waals surface area contributed by atoms with Crippen molar-refractivity contribution in [3.05, 3.63) is 52.1 Å². The van der Waals surface area contributed by atoms with Gasteiger partial charge in [-0.2, -0.15) is 0 Å². The van der Waals surface area contributed by atoms with Crippen LogP contribution in [0.2, 0.25) is 0 Å². The summed E-state index contributed by atoms with van der Waals surface area (Å²) in [4.78, 5) is 4.51. The zero-order chi connectivity index (χ0) is 13.0. The van der Waals surface area contributed by atoms with Crippen LogP contribution in [0.5, 0.6) is 0 Å². The monoisotopic (exact) mass is 304 g/mol. The summed E-state index contributed by atoms with van der Waals surface area (Å²) < 4.78 is 1.04. The number of aryl methyl sites for hydroxylation is 2. The smallest absolute Gasteiger partial charge is 0.130 e. The maximum atomic E-state index is 4.51. The molecule has 0 amide bonds. The van der Waals surface area contributed by atoms with Gasteiger partial charge in [-0.3, -0.25) is 0 Å². The van der Waals surface area contributed by atoms with Gasteiger partial charge in [0, 0.05) is 10.2 Å². The lowest BCUT2D eigenvalue weighted by Gasteiger charge is -2.11. The largest absolute Gasteiger partial charge is 0.340 e. The van der Waals surface area contributed by atoms with Crippen molar-refractivity contribution in [1.29, 1.82) is 0 Å². The predicted molar refractivity (Wildman–Crippen MR) is 80.4 cm³/mol. The van der Waals surface area contributed by atoms with Gasteiger partial charge in [-0.1, -0.05) is 31.5 Å². The van der Waals surface area contributed by atoms with E-state index in [0.29, 0.717) is 0 Å². The van der Waals surface area contributed by atoms with Crippen molar-refractivity contribution >= 4 is 27.4 Å². The van der Waals surface area contributed by atoms with E-state index in [4.69, 9.17) is 0 Å². The standard InChI is InChI=1S/C15H17BrN2/c1-3-6-12-7-4-5-8-14(12)18-15-10-9-13(16)11(2)17-15/h4-5,7-10H,3,6H2,1-2H3,(H,17,18). The molecule has 1 aromatic carbocycles. The fraction of sp³-hybridized carbons (Fsp3) is 0.267. The van der Waals surface area contributed by atoms with Crippen molar-refractivity contribution in [3.8, 4) is 0 Å². The van der Waals surface area contributed by atoms with Crippen LogP contribution < -0.4 is 5.32 Å². The van der Waals surface area contributed by atoms with Crippen LogP contribution in [-0.4, -0.2) is 4.98 Å². The van der Waals surface area contributed by atoms with Gasteiger partial charge in [0.05, 0.1) is 5.69 Å². The number of rotatable bonds is 4. The number of nitrogens with one attached hydrogen (secondary N) is 1. The summed E-state index contributed by atoms with van der Waals surface area (Å²) in [7, 11) is 0. The SMILES string of the molecule is CCCc1ccccc1Nc1ccc(Br)c(C)n1. The third kappa shape index (κ3) is 3.10. The third-order valence-corrected chi connectivity index (χ3v) is 3.66. The number of pyridine rings is 1. The number of hydrogen-bond acceptors (Lipinski definition) is 2. The molecule has 0 saturated heterocycles. The lowest BCUT2D eigenvalue weighted by molar-refractivity contribution is 0.923. The first-order chi connectivity index (χ1) is 8.70. The van der Waals surface area contributed by atoms with Crippen LogP contribution in [-0.2, 0) is 6.42 Å². The quantitative estimate of drug-likeness (QED) is 0.873. The first-order valence-corrected chi connectivity index (χ1v) is 6.98. The van der Waals surface area contributed by atoms with Gasteiger partial charge in [-0.25, -0.2) is 4.98 Å². The van der Waals surface area contributed by atoms with Crippen LogP contribution in [0.3, 0.4) is 0 Å². The zero-order valence-corrected chi connectivity index (χ0v) is 12.3. The van der Waals surface area contributed by atoms with Gasteiger partial charge in [0.25, 0.3) is 0 Å². The molecule has 0 saturated carbocycles. The highest BCUT2D eigenvalue weighted by atomic mass is 79.9. The van der Waals surface area contributed by atoms with E-state index < -0.39 is 0 Å². The summed E-state index contributed by atoms with van der Waals surface area (Å²) in [6.07, 6.45) is 2.23. The Balaban J connectivity index is 2.25. The highest BCUT2D eigenvalue weighted by Crippen LogP contribution is 2.23. The maximum Gasteiger partial charge on any atom is 0.130 e. The van der Waals surface area contributed by atoms with E-state index in [0.717, 1.165) is 34.5 Å². The number of aromatic nitrogens is 1. The number of nitrogens with zero attached hydrogens (tertiary/aromatic N) is 1. The van der Waals surface area contributed by atoms with Crippen molar-refractivity contribution in [2.24, 2.45) is 0 Å². The van der Waals surface area contributed by atoms with Crippen LogP contribution in [0, 0.1) is 6.92 Å². The van der Waals surface area contributed by atoms with Crippen LogP contribution in [0.15, 0.2) is 40.9 Å². The molecule has 0 spiro atoms. The van der Waals surface area contributed by atoms with Gasteiger partial charge in [0.1, 0.15) is 5.82 Å². The molecule has 0 aliphatic carbocycles. The Kier molecular flexibility index (Phi) is 4.37. The van der Waals surface area contributed by atoms with Crippen molar-refractivity contribution in [2.45, 2.75) is 26.7 Å². The second kappa shape index (κ2) is 6.01. The number of hydrogen-bond donors (Lipinski definition) is 1. The summed E-state index contributed by atoms with van der Waals surface area (Å²) in [5.41, 5.74) is 3.48. The Hall–Kier alpha value is -1.35. The van der Waals surface area contributed by atoms with E-state index >= 15 is 0 Å². The minimum atomic E-state index is 0.888. The summed E-state index contributed by atoms with van der Waals surface area (Å²) in [6.45, 7) is 4.19. The van der Waals surface area contributed by atoms with E-state index in [-0.39, 0.29) is 0 Å². The molecule has 0 aliphatic heterocycles. The van der Waals surface area contributed by atoms with Crippen molar-refractivity contribution < 1.29 is 0 Å². The molecule has 0 fully saturated rings. The lowest BCUT2D eigenvalue weighted by atomic mass is 10.1. The molecule has 0 unspecified atom stereocenters. The summed E-state index contributed by atoms with van der Waals surface area (Å²) in [5.74, 6) is 0.888. The molecule has 0 aliphatic rings. The van der Waals surface area contributed by atoms with E-state index in [1.807, 2.05) is 25.1 Å². The molecule has 3 heteroatoms. The second-order valence-electron chi connectivity index (χ2n) is 4.30. The fourth-order valence-electron chi connectivity index (χ4n) is 1.88. The average Bonchev–Trinajstić information content (AvgIpc) is 2.37. The molecule has 0 bridgehead atoms. The van der Waals surface area contributed by atoms with E-state index in [2.05, 4.69) is 51.4 Å². The van der Waals surface area contributed by atoms with Gasteiger partial charge in [-0.05, 0) is 53.0 Å². The summed E-state index contributed by atoms with van der Waals surface area (Å²) >= 11 is 3.46. The first kappa shape index (κ1) is 13.1. The molecule has 0 atom stereocenters. The highest BCUT2D eigenvalue weighted by Gasteiger charge is 2.03. The molecular weight excluding hydrogens is 288 g/mol. The Labute approximate surface area is 117 Å². The first-order valence-electron chi connectivity index (χ1n) is 6.18. The molecule has 18 heavy (non-hydrogen) atoms. The minimum Gasteiger partial charge on any atom is -0.340 e. The Morgan fingerprint density at radius 2 is 1.94 bits per heavy atom. The topological polar surface area (TPSA) is 24.9 Å². The molecule has 1 aromatic heterocycles. The molecule has 0 radical (unpaired) electrons. The van der Waals surface area contributed by atoms with Gasteiger partial charge < -0.3 is 5.32 Å². The maximum absolute atomic E-state index is 4.51. The van der Waals surface area contributed by atoms with Crippen molar-refractivity contribution in [3.63, 3.8) is 0 Å². The minimum absolute atomic E-state index is 0.888. The molecule has 1 N–H and O–H groups in total. The van der Waals surface area contributed by atoms with E-state index in [9.17, 15) is 0 Å². The van der Waals surface area contributed by atoms with Crippen LogP contribution in [0.1, 0.15) is 24.6 Å². The number of benzene rings is 1. The lowest BCUT2D eigenvalue weighted by Crippen LogP contribution is -1.98. The number of anilines is 2. The van der Waals surface area contributed by atoms with Crippen LogP contribution >= 0.6 is 15.9 Å². The molecular formula is C15H17BrN2. The normalized spacial score (nSPS) is 10.4. The Bertz CT molecular complexity index is 538. The van der Waals surface area contributed by atoms with E-state index in [1.165, 1.54) is 5.56 Å².